The number of allylic oxidation sites excluding steroid dienone is 1. The molecule has 0 aromatic heterocycles. The smallest absolute Gasteiger partial charge is 0.0309 e. The molecular formula is C12H16BrN. The van der Waals surface area contributed by atoms with Gasteiger partial charge in [0, 0.05) is 10.5 Å². The molecule has 0 aliphatic rings. The highest BCUT2D eigenvalue weighted by Gasteiger charge is 2.08. The third-order valence-electron chi connectivity index (χ3n) is 2.24. The molecule has 14 heavy (non-hydrogen) atoms. The van der Waals surface area contributed by atoms with E-state index in [2.05, 4.69) is 47.6 Å². The first-order chi connectivity index (χ1) is 6.65. The van der Waals surface area contributed by atoms with Crippen molar-refractivity contribution in [1.29, 1.82) is 0 Å². The van der Waals surface area contributed by atoms with E-state index >= 15 is 0 Å². The first kappa shape index (κ1) is 11.5. The minimum Gasteiger partial charge on any atom is -0.324 e. The van der Waals surface area contributed by atoms with Crippen molar-refractivity contribution in [3.05, 3.63) is 46.5 Å². The van der Waals surface area contributed by atoms with Gasteiger partial charge < -0.3 is 5.73 Å². The second kappa shape index (κ2) is 5.32. The molecule has 0 saturated heterocycles. The minimum absolute atomic E-state index is 0.1000. The predicted octanol–water partition coefficient (Wildman–Crippen LogP) is 3.72. The number of hydrogen-bond acceptors (Lipinski definition) is 1. The molecule has 76 valence electrons. The van der Waals surface area contributed by atoms with Crippen molar-refractivity contribution in [2.45, 2.75) is 25.8 Å². The van der Waals surface area contributed by atoms with Crippen molar-refractivity contribution in [3.63, 3.8) is 0 Å². The zero-order valence-corrected chi connectivity index (χ0v) is 10.0. The van der Waals surface area contributed by atoms with Gasteiger partial charge in [-0.05, 0) is 37.0 Å². The van der Waals surface area contributed by atoms with Gasteiger partial charge in [0.1, 0.15) is 0 Å². The van der Waals surface area contributed by atoms with Crippen molar-refractivity contribution in [1.82, 2.24) is 0 Å². The zero-order chi connectivity index (χ0) is 10.6. The largest absolute Gasteiger partial charge is 0.324 e. The van der Waals surface area contributed by atoms with Crippen LogP contribution in [0.1, 0.15) is 30.0 Å². The van der Waals surface area contributed by atoms with Crippen LogP contribution in [-0.4, -0.2) is 0 Å². The average Bonchev–Trinajstić information content (AvgIpc) is 2.14. The van der Waals surface area contributed by atoms with Crippen molar-refractivity contribution in [2.24, 2.45) is 5.73 Å². The molecule has 1 atom stereocenters. The Morgan fingerprint density at radius 2 is 2.29 bits per heavy atom. The van der Waals surface area contributed by atoms with E-state index in [9.17, 15) is 0 Å². The number of halogens is 1. The molecule has 1 aromatic rings. The van der Waals surface area contributed by atoms with Crippen LogP contribution in [-0.2, 0) is 0 Å². The lowest BCUT2D eigenvalue weighted by Crippen LogP contribution is -2.10. The Kier molecular flexibility index (Phi) is 4.36. The molecule has 2 N–H and O–H groups in total. The zero-order valence-electron chi connectivity index (χ0n) is 8.46. The third-order valence-corrected chi connectivity index (χ3v) is 2.92. The molecule has 0 unspecified atom stereocenters. The van der Waals surface area contributed by atoms with Crippen LogP contribution in [0.15, 0.2) is 35.3 Å². The van der Waals surface area contributed by atoms with Crippen LogP contribution in [0, 0.1) is 6.92 Å². The summed E-state index contributed by atoms with van der Waals surface area (Å²) in [7, 11) is 0. The number of hydrogen-bond donors (Lipinski definition) is 1. The molecule has 0 heterocycles. The summed E-state index contributed by atoms with van der Waals surface area (Å²) < 4.78 is 1.11. The molecule has 0 aliphatic heterocycles. The van der Waals surface area contributed by atoms with Gasteiger partial charge in [0.05, 0.1) is 0 Å². The van der Waals surface area contributed by atoms with Gasteiger partial charge in [0.2, 0.25) is 0 Å². The fourth-order valence-electron chi connectivity index (χ4n) is 1.39. The SMILES string of the molecule is C=CCC[C@@H](N)c1ccc(C)cc1Br. The van der Waals surface area contributed by atoms with Gasteiger partial charge in [-0.1, -0.05) is 34.1 Å². The number of benzene rings is 1. The molecule has 0 spiro atoms. The Bertz CT molecular complexity index is 320. The van der Waals surface area contributed by atoms with Crippen LogP contribution < -0.4 is 5.73 Å². The highest BCUT2D eigenvalue weighted by atomic mass is 79.9. The average molecular weight is 254 g/mol. The van der Waals surface area contributed by atoms with E-state index < -0.39 is 0 Å². The van der Waals surface area contributed by atoms with Crippen LogP contribution in [0.2, 0.25) is 0 Å². The predicted molar refractivity (Wildman–Crippen MR) is 65.2 cm³/mol. The lowest BCUT2D eigenvalue weighted by atomic mass is 10.0. The fraction of sp³-hybridized carbons (Fsp3) is 0.333. The molecule has 0 aliphatic carbocycles. The molecule has 1 rings (SSSR count). The van der Waals surface area contributed by atoms with Crippen molar-refractivity contribution < 1.29 is 0 Å². The molecule has 1 aromatic carbocycles. The number of nitrogens with two attached hydrogens (primary N) is 1. The van der Waals surface area contributed by atoms with Crippen LogP contribution in [0.3, 0.4) is 0 Å². The highest BCUT2D eigenvalue weighted by Crippen LogP contribution is 2.25. The molecular weight excluding hydrogens is 238 g/mol. The number of rotatable bonds is 4. The third kappa shape index (κ3) is 2.96. The van der Waals surface area contributed by atoms with Gasteiger partial charge in [0.25, 0.3) is 0 Å². The summed E-state index contributed by atoms with van der Waals surface area (Å²) in [6.45, 7) is 5.77. The van der Waals surface area contributed by atoms with Crippen molar-refractivity contribution >= 4 is 15.9 Å². The van der Waals surface area contributed by atoms with Gasteiger partial charge in [-0.25, -0.2) is 0 Å². The van der Waals surface area contributed by atoms with E-state index in [1.54, 1.807) is 0 Å². The second-order valence-electron chi connectivity index (χ2n) is 3.50. The van der Waals surface area contributed by atoms with Gasteiger partial charge >= 0.3 is 0 Å². The van der Waals surface area contributed by atoms with Gasteiger partial charge in [-0.15, -0.1) is 6.58 Å². The summed E-state index contributed by atoms with van der Waals surface area (Å²) in [6.07, 6.45) is 3.81. The molecule has 0 fully saturated rings. The second-order valence-corrected chi connectivity index (χ2v) is 4.35. The lowest BCUT2D eigenvalue weighted by Gasteiger charge is -2.13. The maximum atomic E-state index is 6.05. The molecule has 1 nitrogen and oxygen atoms in total. The Morgan fingerprint density at radius 1 is 1.57 bits per heavy atom. The Balaban J connectivity index is 2.78. The first-order valence-corrected chi connectivity index (χ1v) is 5.57. The van der Waals surface area contributed by atoms with E-state index in [1.165, 1.54) is 11.1 Å². The van der Waals surface area contributed by atoms with E-state index in [0.717, 1.165) is 17.3 Å². The quantitative estimate of drug-likeness (QED) is 0.814. The Hall–Kier alpha value is -0.600. The maximum Gasteiger partial charge on any atom is 0.0309 e. The van der Waals surface area contributed by atoms with Gasteiger partial charge in [0.15, 0.2) is 0 Å². The normalized spacial score (nSPS) is 12.5. The van der Waals surface area contributed by atoms with Gasteiger partial charge in [-0.2, -0.15) is 0 Å². The first-order valence-electron chi connectivity index (χ1n) is 4.77. The van der Waals surface area contributed by atoms with Gasteiger partial charge in [-0.3, -0.25) is 0 Å². The number of aryl methyl sites for hydroxylation is 1. The fourth-order valence-corrected chi connectivity index (χ4v) is 2.17. The van der Waals surface area contributed by atoms with Crippen LogP contribution >= 0.6 is 15.9 Å². The summed E-state index contributed by atoms with van der Waals surface area (Å²) in [5, 5.41) is 0. The van der Waals surface area contributed by atoms with Crippen molar-refractivity contribution in [3.8, 4) is 0 Å². The lowest BCUT2D eigenvalue weighted by molar-refractivity contribution is 0.658. The summed E-state index contributed by atoms with van der Waals surface area (Å²) in [4.78, 5) is 0. The topological polar surface area (TPSA) is 26.0 Å². The Labute approximate surface area is 94.1 Å². The van der Waals surface area contributed by atoms with Crippen LogP contribution in [0.5, 0.6) is 0 Å². The van der Waals surface area contributed by atoms with E-state index in [4.69, 9.17) is 5.73 Å². The summed E-state index contributed by atoms with van der Waals surface area (Å²) in [6, 6.07) is 6.38. The monoisotopic (exact) mass is 253 g/mol. The molecule has 2 heteroatoms. The standard InChI is InChI=1S/C12H16BrN/c1-3-4-5-12(14)10-7-6-9(2)8-11(10)13/h3,6-8,12H,1,4-5,14H2,2H3/t12-/m1/s1. The van der Waals surface area contributed by atoms with Crippen molar-refractivity contribution in [2.75, 3.05) is 0 Å². The summed E-state index contributed by atoms with van der Waals surface area (Å²) >= 11 is 3.53. The van der Waals surface area contributed by atoms with Crippen LogP contribution in [0.4, 0.5) is 0 Å². The van der Waals surface area contributed by atoms with E-state index in [1.807, 2.05) is 6.08 Å². The van der Waals surface area contributed by atoms with E-state index in [0.29, 0.717) is 0 Å². The molecule has 0 amide bonds. The Morgan fingerprint density at radius 3 is 2.86 bits per heavy atom. The highest BCUT2D eigenvalue weighted by molar-refractivity contribution is 9.10. The summed E-state index contributed by atoms with van der Waals surface area (Å²) in [5.41, 5.74) is 8.48. The maximum absolute atomic E-state index is 6.05. The molecule has 0 radical (unpaired) electrons. The molecule has 0 bridgehead atoms. The minimum atomic E-state index is 0.1000. The summed E-state index contributed by atoms with van der Waals surface area (Å²) in [5.74, 6) is 0. The van der Waals surface area contributed by atoms with Crippen LogP contribution in [0.25, 0.3) is 0 Å². The molecule has 0 saturated carbocycles. The van der Waals surface area contributed by atoms with E-state index in [-0.39, 0.29) is 6.04 Å².